The summed E-state index contributed by atoms with van der Waals surface area (Å²) in [7, 11) is 0. The van der Waals surface area contributed by atoms with Gasteiger partial charge in [-0.05, 0) is 18.4 Å². The van der Waals surface area contributed by atoms with Crippen LogP contribution >= 0.6 is 0 Å². The Kier molecular flexibility index (Phi) is 7.08. The van der Waals surface area contributed by atoms with E-state index < -0.39 is 0 Å². The molecule has 4 heteroatoms. The number of nitrogens with one attached hydrogen (secondary N) is 1. The van der Waals surface area contributed by atoms with Crippen molar-refractivity contribution in [2.45, 2.75) is 51.2 Å². The summed E-state index contributed by atoms with van der Waals surface area (Å²) in [5.41, 5.74) is 7.12. The molecule has 0 aromatic heterocycles. The molecular weight excluding hydrogens is 262 g/mol. The maximum atomic E-state index is 5.93. The van der Waals surface area contributed by atoms with Crippen molar-refractivity contribution in [1.82, 2.24) is 5.32 Å². The number of nitrogens with zero attached hydrogens (tertiary/aromatic N) is 1. The second-order valence-electron chi connectivity index (χ2n) is 5.64. The first-order valence-electron chi connectivity index (χ1n) is 8.03. The first-order chi connectivity index (χ1) is 10.3. The summed E-state index contributed by atoms with van der Waals surface area (Å²) < 4.78 is 5.59. The Morgan fingerprint density at radius 3 is 2.57 bits per heavy atom. The number of guanidine groups is 1. The Morgan fingerprint density at radius 2 is 1.86 bits per heavy atom. The molecule has 116 valence electrons. The van der Waals surface area contributed by atoms with Crippen LogP contribution in [0.4, 0.5) is 0 Å². The first kappa shape index (κ1) is 15.8. The van der Waals surface area contributed by atoms with Gasteiger partial charge in [0, 0.05) is 6.04 Å². The average Bonchev–Trinajstić information content (AvgIpc) is 2.76. The maximum Gasteiger partial charge on any atom is 0.188 e. The molecular formula is C17H27N3O. The molecule has 0 radical (unpaired) electrons. The minimum atomic E-state index is 0.501. The van der Waals surface area contributed by atoms with Crippen molar-refractivity contribution in [2.75, 3.05) is 13.2 Å². The minimum Gasteiger partial charge on any atom is -0.375 e. The first-order valence-corrected chi connectivity index (χ1v) is 8.03. The quantitative estimate of drug-likeness (QED) is 0.366. The number of hydrogen-bond donors (Lipinski definition) is 2. The van der Waals surface area contributed by atoms with E-state index in [0.717, 1.165) is 0 Å². The predicted octanol–water partition coefficient (Wildman–Crippen LogP) is 2.83. The predicted molar refractivity (Wildman–Crippen MR) is 87.2 cm³/mol. The van der Waals surface area contributed by atoms with Gasteiger partial charge < -0.3 is 15.8 Å². The van der Waals surface area contributed by atoms with Crippen molar-refractivity contribution in [3.8, 4) is 0 Å². The summed E-state index contributed by atoms with van der Waals surface area (Å²) in [6.07, 6.45) is 7.71. The number of ether oxygens (including phenoxy) is 1. The molecule has 3 N–H and O–H groups in total. The molecule has 21 heavy (non-hydrogen) atoms. The fraction of sp³-hybridized carbons (Fsp3) is 0.588. The van der Waals surface area contributed by atoms with Crippen molar-refractivity contribution in [3.63, 3.8) is 0 Å². The van der Waals surface area contributed by atoms with Gasteiger partial charge in [-0.1, -0.05) is 56.0 Å². The van der Waals surface area contributed by atoms with Crippen LogP contribution in [0.5, 0.6) is 0 Å². The Labute approximate surface area is 127 Å². The summed E-state index contributed by atoms with van der Waals surface area (Å²) in [4.78, 5) is 4.34. The number of rotatable bonds is 6. The van der Waals surface area contributed by atoms with Gasteiger partial charge in [-0.15, -0.1) is 0 Å². The second-order valence-corrected chi connectivity index (χ2v) is 5.64. The van der Waals surface area contributed by atoms with Gasteiger partial charge in [-0.25, -0.2) is 0 Å². The molecule has 1 aliphatic carbocycles. The van der Waals surface area contributed by atoms with Crippen LogP contribution in [0.25, 0.3) is 0 Å². The van der Waals surface area contributed by atoms with Gasteiger partial charge in [-0.3, -0.25) is 4.99 Å². The lowest BCUT2D eigenvalue weighted by molar-refractivity contribution is 0.128. The van der Waals surface area contributed by atoms with Gasteiger partial charge in [0.15, 0.2) is 5.96 Å². The zero-order valence-corrected chi connectivity index (χ0v) is 12.8. The third-order valence-electron chi connectivity index (χ3n) is 3.84. The Balaban J connectivity index is 1.59. The van der Waals surface area contributed by atoms with Crippen LogP contribution in [0.3, 0.4) is 0 Å². The molecule has 0 atom stereocenters. The van der Waals surface area contributed by atoms with Crippen molar-refractivity contribution >= 4 is 5.96 Å². The third kappa shape index (κ3) is 6.63. The van der Waals surface area contributed by atoms with E-state index in [1.54, 1.807) is 0 Å². The molecule has 0 aliphatic heterocycles. The van der Waals surface area contributed by atoms with E-state index in [2.05, 4.69) is 22.4 Å². The van der Waals surface area contributed by atoms with Gasteiger partial charge in [0.25, 0.3) is 0 Å². The van der Waals surface area contributed by atoms with Gasteiger partial charge in [-0.2, -0.15) is 0 Å². The van der Waals surface area contributed by atoms with Crippen molar-refractivity contribution in [2.24, 2.45) is 10.7 Å². The SMILES string of the molecule is NC(=NCCOCc1ccccc1)NC1CCCCCC1. The van der Waals surface area contributed by atoms with Crippen LogP contribution in [-0.2, 0) is 11.3 Å². The maximum absolute atomic E-state index is 5.93. The molecule has 0 unspecified atom stereocenters. The largest absolute Gasteiger partial charge is 0.375 e. The molecule has 1 saturated carbocycles. The topological polar surface area (TPSA) is 59.6 Å². The smallest absolute Gasteiger partial charge is 0.188 e. The number of benzene rings is 1. The molecule has 1 aliphatic rings. The highest BCUT2D eigenvalue weighted by atomic mass is 16.5. The molecule has 0 amide bonds. The van der Waals surface area contributed by atoms with Crippen LogP contribution in [0.15, 0.2) is 35.3 Å². The molecule has 4 nitrogen and oxygen atoms in total. The molecule has 0 heterocycles. The van der Waals surface area contributed by atoms with E-state index in [1.807, 2.05) is 18.2 Å². The lowest BCUT2D eigenvalue weighted by atomic mass is 10.1. The molecule has 1 aromatic rings. The third-order valence-corrected chi connectivity index (χ3v) is 3.84. The van der Waals surface area contributed by atoms with Gasteiger partial charge in [0.2, 0.25) is 0 Å². The van der Waals surface area contributed by atoms with Crippen LogP contribution in [0.1, 0.15) is 44.1 Å². The summed E-state index contributed by atoms with van der Waals surface area (Å²) >= 11 is 0. The molecule has 1 aromatic carbocycles. The Bertz CT molecular complexity index is 411. The van der Waals surface area contributed by atoms with E-state index in [-0.39, 0.29) is 0 Å². The van der Waals surface area contributed by atoms with Crippen LogP contribution in [0, 0.1) is 0 Å². The molecule has 0 spiro atoms. The average molecular weight is 289 g/mol. The lowest BCUT2D eigenvalue weighted by Crippen LogP contribution is -2.40. The van der Waals surface area contributed by atoms with Crippen molar-refractivity contribution in [3.05, 3.63) is 35.9 Å². The van der Waals surface area contributed by atoms with Crippen molar-refractivity contribution < 1.29 is 4.74 Å². The molecule has 0 saturated heterocycles. The molecule has 0 bridgehead atoms. The monoisotopic (exact) mass is 289 g/mol. The van der Waals surface area contributed by atoms with Crippen LogP contribution in [0.2, 0.25) is 0 Å². The Hall–Kier alpha value is -1.55. The van der Waals surface area contributed by atoms with E-state index in [0.29, 0.717) is 31.8 Å². The van der Waals surface area contributed by atoms with E-state index in [1.165, 1.54) is 44.1 Å². The van der Waals surface area contributed by atoms with E-state index in [9.17, 15) is 0 Å². The number of aliphatic imine (C=N–C) groups is 1. The zero-order chi connectivity index (χ0) is 14.8. The number of hydrogen-bond acceptors (Lipinski definition) is 2. The standard InChI is InChI=1S/C17H27N3O/c18-17(20-16-10-6-1-2-7-11-16)19-12-13-21-14-15-8-4-3-5-9-15/h3-5,8-9,16H,1-2,6-7,10-14H2,(H3,18,19,20). The summed E-state index contributed by atoms with van der Waals surface area (Å²) in [5, 5.41) is 3.34. The molecule has 1 fully saturated rings. The fourth-order valence-electron chi connectivity index (χ4n) is 2.67. The van der Waals surface area contributed by atoms with Crippen molar-refractivity contribution in [1.29, 1.82) is 0 Å². The number of nitrogens with two attached hydrogens (primary N) is 1. The Morgan fingerprint density at radius 1 is 1.14 bits per heavy atom. The summed E-state index contributed by atoms with van der Waals surface area (Å²) in [5.74, 6) is 0.560. The highest BCUT2D eigenvalue weighted by Crippen LogP contribution is 2.16. The highest BCUT2D eigenvalue weighted by Gasteiger charge is 2.11. The van der Waals surface area contributed by atoms with E-state index in [4.69, 9.17) is 10.5 Å². The minimum absolute atomic E-state index is 0.501. The zero-order valence-electron chi connectivity index (χ0n) is 12.8. The summed E-state index contributed by atoms with van der Waals surface area (Å²) in [6.45, 7) is 1.84. The fourth-order valence-corrected chi connectivity index (χ4v) is 2.67. The normalized spacial score (nSPS) is 17.4. The van der Waals surface area contributed by atoms with Gasteiger partial charge >= 0.3 is 0 Å². The van der Waals surface area contributed by atoms with Crippen LogP contribution in [-0.4, -0.2) is 25.2 Å². The van der Waals surface area contributed by atoms with Gasteiger partial charge in [0.05, 0.1) is 19.8 Å². The second kappa shape index (κ2) is 9.40. The van der Waals surface area contributed by atoms with Gasteiger partial charge in [0.1, 0.15) is 0 Å². The summed E-state index contributed by atoms with van der Waals surface area (Å²) in [6, 6.07) is 10.7. The lowest BCUT2D eigenvalue weighted by Gasteiger charge is -2.16. The molecule has 2 rings (SSSR count). The van der Waals surface area contributed by atoms with E-state index >= 15 is 0 Å². The highest BCUT2D eigenvalue weighted by molar-refractivity contribution is 5.78. The van der Waals surface area contributed by atoms with Crippen LogP contribution < -0.4 is 11.1 Å².